The van der Waals surface area contributed by atoms with E-state index in [0.29, 0.717) is 18.6 Å². The van der Waals surface area contributed by atoms with E-state index in [9.17, 15) is 4.79 Å². The zero-order valence-corrected chi connectivity index (χ0v) is 13.9. The highest BCUT2D eigenvalue weighted by atomic mass is 16.5. The fraction of sp³-hybridized carbons (Fsp3) is 0.938. The predicted octanol–water partition coefficient (Wildman–Crippen LogP) is 1.42. The van der Waals surface area contributed by atoms with Gasteiger partial charge in [-0.2, -0.15) is 0 Å². The molecule has 2 aliphatic rings. The molecule has 122 valence electrons. The van der Waals surface area contributed by atoms with Crippen molar-refractivity contribution in [2.24, 2.45) is 5.92 Å². The molecule has 0 spiro atoms. The van der Waals surface area contributed by atoms with E-state index in [1.807, 2.05) is 14.0 Å². The van der Waals surface area contributed by atoms with E-state index in [2.05, 4.69) is 24.1 Å². The maximum Gasteiger partial charge on any atom is 0.327 e. The summed E-state index contributed by atoms with van der Waals surface area (Å²) >= 11 is 0. The summed E-state index contributed by atoms with van der Waals surface area (Å²) in [6, 6.07) is 0.391. The standard InChI is InChI=1S/C16H30N2O3/c1-5-14-10-21-12(3)9-18(14)11-16(17-4,13-7-8-13)15(19)20-6-2/h12-14,17H,5-11H2,1-4H3. The van der Waals surface area contributed by atoms with Gasteiger partial charge in [0.15, 0.2) is 0 Å². The highest BCUT2D eigenvalue weighted by Crippen LogP contribution is 2.41. The van der Waals surface area contributed by atoms with Gasteiger partial charge in [-0.15, -0.1) is 0 Å². The smallest absolute Gasteiger partial charge is 0.327 e. The number of esters is 1. The second-order valence-electron chi connectivity index (χ2n) is 6.35. The molecule has 3 atom stereocenters. The summed E-state index contributed by atoms with van der Waals surface area (Å²) < 4.78 is 11.1. The van der Waals surface area contributed by atoms with Gasteiger partial charge in [0.25, 0.3) is 0 Å². The summed E-state index contributed by atoms with van der Waals surface area (Å²) in [4.78, 5) is 15.0. The lowest BCUT2D eigenvalue weighted by Crippen LogP contribution is -2.63. The topological polar surface area (TPSA) is 50.8 Å². The summed E-state index contributed by atoms with van der Waals surface area (Å²) in [6.45, 7) is 8.95. The van der Waals surface area contributed by atoms with Gasteiger partial charge in [0, 0.05) is 19.1 Å². The number of nitrogens with one attached hydrogen (secondary N) is 1. The van der Waals surface area contributed by atoms with Crippen molar-refractivity contribution in [1.82, 2.24) is 10.2 Å². The van der Waals surface area contributed by atoms with Crippen molar-refractivity contribution in [3.8, 4) is 0 Å². The molecular weight excluding hydrogens is 268 g/mol. The van der Waals surface area contributed by atoms with Crippen molar-refractivity contribution >= 4 is 5.97 Å². The Morgan fingerprint density at radius 2 is 2.14 bits per heavy atom. The van der Waals surface area contributed by atoms with Crippen LogP contribution >= 0.6 is 0 Å². The average Bonchev–Trinajstić information content (AvgIpc) is 3.30. The van der Waals surface area contributed by atoms with Crippen LogP contribution in [0.5, 0.6) is 0 Å². The number of hydrogen-bond acceptors (Lipinski definition) is 5. The molecule has 21 heavy (non-hydrogen) atoms. The summed E-state index contributed by atoms with van der Waals surface area (Å²) in [6.07, 6.45) is 3.48. The van der Waals surface area contributed by atoms with E-state index < -0.39 is 5.54 Å². The van der Waals surface area contributed by atoms with E-state index in [0.717, 1.165) is 39.0 Å². The molecule has 0 radical (unpaired) electrons. The number of carbonyl (C=O) groups excluding carboxylic acids is 1. The summed E-state index contributed by atoms with van der Waals surface area (Å²) in [5, 5.41) is 3.31. The van der Waals surface area contributed by atoms with Crippen LogP contribution in [0, 0.1) is 5.92 Å². The largest absolute Gasteiger partial charge is 0.465 e. The molecular formula is C16H30N2O3. The van der Waals surface area contributed by atoms with Crippen LogP contribution in [-0.4, -0.2) is 61.9 Å². The zero-order valence-electron chi connectivity index (χ0n) is 13.9. The molecule has 0 amide bonds. The Morgan fingerprint density at radius 1 is 1.43 bits per heavy atom. The Kier molecular flexibility index (Phi) is 5.63. The third-order valence-corrected chi connectivity index (χ3v) is 4.86. The molecule has 1 saturated carbocycles. The quantitative estimate of drug-likeness (QED) is 0.720. The molecule has 3 unspecified atom stereocenters. The molecule has 2 fully saturated rings. The number of ether oxygens (including phenoxy) is 2. The summed E-state index contributed by atoms with van der Waals surface area (Å²) in [7, 11) is 1.89. The van der Waals surface area contributed by atoms with Crippen LogP contribution in [-0.2, 0) is 14.3 Å². The molecule has 5 nitrogen and oxygen atoms in total. The SMILES string of the molecule is CCOC(=O)C(CN1CC(C)OCC1CC)(NC)C1CC1. The molecule has 1 aliphatic heterocycles. The van der Waals surface area contributed by atoms with Gasteiger partial charge in [0.1, 0.15) is 5.54 Å². The van der Waals surface area contributed by atoms with E-state index in [1.54, 1.807) is 0 Å². The first-order chi connectivity index (χ1) is 10.1. The number of carbonyl (C=O) groups is 1. The van der Waals surface area contributed by atoms with Crippen molar-refractivity contribution in [3.63, 3.8) is 0 Å². The highest BCUT2D eigenvalue weighted by molar-refractivity contribution is 5.82. The van der Waals surface area contributed by atoms with Crippen molar-refractivity contribution in [3.05, 3.63) is 0 Å². The third-order valence-electron chi connectivity index (χ3n) is 4.86. The minimum atomic E-state index is -0.555. The number of morpholine rings is 1. The number of hydrogen-bond donors (Lipinski definition) is 1. The lowest BCUT2D eigenvalue weighted by atomic mass is 9.91. The second-order valence-corrected chi connectivity index (χ2v) is 6.35. The molecule has 0 aromatic heterocycles. The lowest BCUT2D eigenvalue weighted by molar-refractivity contribution is -0.155. The monoisotopic (exact) mass is 298 g/mol. The third kappa shape index (κ3) is 3.58. The van der Waals surface area contributed by atoms with Gasteiger partial charge in [0.2, 0.25) is 0 Å². The first-order valence-electron chi connectivity index (χ1n) is 8.29. The minimum Gasteiger partial charge on any atom is -0.465 e. The van der Waals surface area contributed by atoms with Crippen molar-refractivity contribution < 1.29 is 14.3 Å². The number of likely N-dealkylation sites (N-methyl/N-ethyl adjacent to an activating group) is 1. The zero-order chi connectivity index (χ0) is 15.5. The fourth-order valence-corrected chi connectivity index (χ4v) is 3.38. The van der Waals surface area contributed by atoms with Crippen LogP contribution in [0.4, 0.5) is 0 Å². The molecule has 5 heteroatoms. The van der Waals surface area contributed by atoms with Crippen molar-refractivity contribution in [1.29, 1.82) is 0 Å². The Labute approximate surface area is 128 Å². The fourth-order valence-electron chi connectivity index (χ4n) is 3.38. The van der Waals surface area contributed by atoms with Crippen LogP contribution in [0.1, 0.15) is 40.0 Å². The van der Waals surface area contributed by atoms with E-state index in [-0.39, 0.29) is 12.1 Å². The van der Waals surface area contributed by atoms with Gasteiger partial charge in [-0.25, -0.2) is 4.79 Å². The van der Waals surface area contributed by atoms with E-state index >= 15 is 0 Å². The highest BCUT2D eigenvalue weighted by Gasteiger charge is 2.52. The second kappa shape index (κ2) is 7.07. The lowest BCUT2D eigenvalue weighted by Gasteiger charge is -2.43. The number of nitrogens with zero attached hydrogens (tertiary/aromatic N) is 1. The Balaban J connectivity index is 2.15. The van der Waals surface area contributed by atoms with Crippen LogP contribution in [0.15, 0.2) is 0 Å². The van der Waals surface area contributed by atoms with Gasteiger partial charge in [0.05, 0.1) is 19.3 Å². The molecule has 1 aliphatic carbocycles. The van der Waals surface area contributed by atoms with Crippen LogP contribution in [0.25, 0.3) is 0 Å². The molecule has 2 rings (SSSR count). The molecule has 1 N–H and O–H groups in total. The maximum absolute atomic E-state index is 12.6. The molecule has 1 heterocycles. The van der Waals surface area contributed by atoms with Gasteiger partial charge in [-0.05, 0) is 46.1 Å². The van der Waals surface area contributed by atoms with Gasteiger partial charge in [-0.1, -0.05) is 6.92 Å². The first-order valence-corrected chi connectivity index (χ1v) is 8.29. The van der Waals surface area contributed by atoms with Crippen LogP contribution in [0.3, 0.4) is 0 Å². The Morgan fingerprint density at radius 3 is 2.67 bits per heavy atom. The summed E-state index contributed by atoms with van der Waals surface area (Å²) in [5.41, 5.74) is -0.555. The minimum absolute atomic E-state index is 0.0935. The van der Waals surface area contributed by atoms with Crippen molar-refractivity contribution in [2.45, 2.75) is 57.7 Å². The molecule has 0 bridgehead atoms. The number of rotatable bonds is 7. The first kappa shape index (κ1) is 16.7. The van der Waals surface area contributed by atoms with E-state index in [1.165, 1.54) is 0 Å². The average molecular weight is 298 g/mol. The normalized spacial score (nSPS) is 29.9. The maximum atomic E-state index is 12.6. The van der Waals surface area contributed by atoms with Gasteiger partial charge >= 0.3 is 5.97 Å². The van der Waals surface area contributed by atoms with Crippen LogP contribution < -0.4 is 5.32 Å². The summed E-state index contributed by atoms with van der Waals surface area (Å²) in [5.74, 6) is 0.307. The van der Waals surface area contributed by atoms with Crippen LogP contribution in [0.2, 0.25) is 0 Å². The van der Waals surface area contributed by atoms with E-state index in [4.69, 9.17) is 9.47 Å². The van der Waals surface area contributed by atoms with Crippen molar-refractivity contribution in [2.75, 3.05) is 33.4 Å². The predicted molar refractivity (Wildman–Crippen MR) is 82.2 cm³/mol. The van der Waals surface area contributed by atoms with Gasteiger partial charge in [-0.3, -0.25) is 4.90 Å². The Hall–Kier alpha value is -0.650. The molecule has 0 aromatic rings. The molecule has 1 saturated heterocycles. The molecule has 0 aromatic carbocycles. The van der Waals surface area contributed by atoms with Gasteiger partial charge < -0.3 is 14.8 Å². The Bertz CT molecular complexity index is 359.